The third kappa shape index (κ3) is 2.85. The van der Waals surface area contributed by atoms with Crippen molar-refractivity contribution >= 4 is 23.1 Å². The number of rotatable bonds is 4. The van der Waals surface area contributed by atoms with E-state index in [2.05, 4.69) is 4.98 Å². The van der Waals surface area contributed by atoms with Crippen LogP contribution >= 0.6 is 11.6 Å². The first-order chi connectivity index (χ1) is 9.17. The highest BCUT2D eigenvalue weighted by Crippen LogP contribution is 2.31. The van der Waals surface area contributed by atoms with Gasteiger partial charge in [-0.15, -0.1) is 0 Å². The molecule has 0 aliphatic carbocycles. The Labute approximate surface area is 116 Å². The number of nitrogens with two attached hydrogens (primary N) is 1. The summed E-state index contributed by atoms with van der Waals surface area (Å²) in [5.41, 5.74) is 7.17. The predicted octanol–water partition coefficient (Wildman–Crippen LogP) is 3.49. The zero-order chi connectivity index (χ0) is 13.8. The first-order valence-corrected chi connectivity index (χ1v) is 6.41. The summed E-state index contributed by atoms with van der Waals surface area (Å²) in [5, 5.41) is 0.510. The molecule has 0 radical (unpaired) electrons. The normalized spacial score (nSPS) is 10.5. The Balaban J connectivity index is 2.48. The lowest BCUT2D eigenvalue weighted by Gasteiger charge is -2.23. The SMILES string of the molecule is CCN(c1cccc(F)c1)c1nccc(CN)c1Cl. The highest BCUT2D eigenvalue weighted by molar-refractivity contribution is 6.33. The number of benzene rings is 1. The van der Waals surface area contributed by atoms with Crippen LogP contribution in [0.25, 0.3) is 0 Å². The van der Waals surface area contributed by atoms with Crippen LogP contribution in [0, 0.1) is 5.82 Å². The monoisotopic (exact) mass is 279 g/mol. The van der Waals surface area contributed by atoms with Crippen LogP contribution in [0.1, 0.15) is 12.5 Å². The van der Waals surface area contributed by atoms with Crippen LogP contribution in [0.2, 0.25) is 5.02 Å². The van der Waals surface area contributed by atoms with Crippen LogP contribution in [-0.2, 0) is 6.54 Å². The molecule has 0 aliphatic heterocycles. The first-order valence-electron chi connectivity index (χ1n) is 6.04. The Morgan fingerprint density at radius 2 is 2.16 bits per heavy atom. The fraction of sp³-hybridized carbons (Fsp3) is 0.214. The Morgan fingerprint density at radius 1 is 1.37 bits per heavy atom. The molecule has 1 aromatic carbocycles. The molecule has 1 aromatic heterocycles. The second-order valence-corrected chi connectivity index (χ2v) is 4.41. The largest absolute Gasteiger partial charge is 0.326 e. The molecule has 100 valence electrons. The van der Waals surface area contributed by atoms with E-state index in [1.54, 1.807) is 18.3 Å². The lowest BCUT2D eigenvalue weighted by Crippen LogP contribution is -2.18. The molecule has 2 N–H and O–H groups in total. The summed E-state index contributed by atoms with van der Waals surface area (Å²) in [7, 11) is 0. The zero-order valence-electron chi connectivity index (χ0n) is 10.6. The Hall–Kier alpha value is -1.65. The Bertz CT molecular complexity index is 574. The molecular weight excluding hydrogens is 265 g/mol. The van der Waals surface area contributed by atoms with Gasteiger partial charge in [-0.1, -0.05) is 17.7 Å². The van der Waals surface area contributed by atoms with Crippen molar-refractivity contribution in [1.29, 1.82) is 0 Å². The van der Waals surface area contributed by atoms with Gasteiger partial charge >= 0.3 is 0 Å². The summed E-state index contributed by atoms with van der Waals surface area (Å²) in [4.78, 5) is 6.13. The number of aromatic nitrogens is 1. The predicted molar refractivity (Wildman–Crippen MR) is 76.2 cm³/mol. The molecule has 1 heterocycles. The molecule has 0 bridgehead atoms. The smallest absolute Gasteiger partial charge is 0.152 e. The summed E-state index contributed by atoms with van der Waals surface area (Å²) in [6.07, 6.45) is 1.66. The summed E-state index contributed by atoms with van der Waals surface area (Å²) in [6.45, 7) is 2.93. The maximum absolute atomic E-state index is 13.3. The summed E-state index contributed by atoms with van der Waals surface area (Å²) < 4.78 is 13.3. The molecular formula is C14H15ClFN3. The Morgan fingerprint density at radius 3 is 2.79 bits per heavy atom. The van der Waals surface area contributed by atoms with Crippen LogP contribution in [0.5, 0.6) is 0 Å². The van der Waals surface area contributed by atoms with Crippen LogP contribution in [0.4, 0.5) is 15.9 Å². The van der Waals surface area contributed by atoms with E-state index < -0.39 is 0 Å². The van der Waals surface area contributed by atoms with Gasteiger partial charge in [0.05, 0.1) is 5.02 Å². The molecule has 0 saturated heterocycles. The maximum Gasteiger partial charge on any atom is 0.152 e. The number of hydrogen-bond donors (Lipinski definition) is 1. The molecule has 2 rings (SSSR count). The average molecular weight is 280 g/mol. The minimum atomic E-state index is -0.290. The molecule has 0 fully saturated rings. The minimum Gasteiger partial charge on any atom is -0.326 e. The molecule has 0 aliphatic rings. The maximum atomic E-state index is 13.3. The topological polar surface area (TPSA) is 42.2 Å². The van der Waals surface area contributed by atoms with Gasteiger partial charge in [0.25, 0.3) is 0 Å². The highest BCUT2D eigenvalue weighted by Gasteiger charge is 2.15. The standard InChI is InChI=1S/C14H15ClFN3/c1-2-19(12-5-3-4-11(16)8-12)14-13(15)10(9-17)6-7-18-14/h3-8H,2,9,17H2,1H3. The highest BCUT2D eigenvalue weighted by atomic mass is 35.5. The lowest BCUT2D eigenvalue weighted by molar-refractivity contribution is 0.627. The molecule has 0 amide bonds. The van der Waals surface area contributed by atoms with Crippen molar-refractivity contribution in [2.24, 2.45) is 5.73 Å². The third-order valence-electron chi connectivity index (χ3n) is 2.86. The third-order valence-corrected chi connectivity index (χ3v) is 3.27. The van der Waals surface area contributed by atoms with Crippen molar-refractivity contribution in [2.45, 2.75) is 13.5 Å². The summed E-state index contributed by atoms with van der Waals surface area (Å²) in [6, 6.07) is 8.12. The number of halogens is 2. The van der Waals surface area contributed by atoms with Crippen LogP contribution in [0.3, 0.4) is 0 Å². The molecule has 0 saturated carbocycles. The van der Waals surface area contributed by atoms with Crippen molar-refractivity contribution in [3.63, 3.8) is 0 Å². The van der Waals surface area contributed by atoms with E-state index in [0.717, 1.165) is 5.56 Å². The second kappa shape index (κ2) is 5.99. The number of hydrogen-bond acceptors (Lipinski definition) is 3. The van der Waals surface area contributed by atoms with Crippen molar-refractivity contribution in [3.8, 4) is 0 Å². The first kappa shape index (κ1) is 13.8. The molecule has 3 nitrogen and oxygen atoms in total. The van der Waals surface area contributed by atoms with Crippen LogP contribution in [0.15, 0.2) is 36.5 Å². The lowest BCUT2D eigenvalue weighted by atomic mass is 10.2. The van der Waals surface area contributed by atoms with Gasteiger partial charge in [0.1, 0.15) is 5.82 Å². The number of nitrogens with zero attached hydrogens (tertiary/aromatic N) is 2. The fourth-order valence-corrected chi connectivity index (χ4v) is 2.21. The number of anilines is 2. The van der Waals surface area contributed by atoms with E-state index >= 15 is 0 Å². The number of pyridine rings is 1. The summed E-state index contributed by atoms with van der Waals surface area (Å²) >= 11 is 6.29. The van der Waals surface area contributed by atoms with Gasteiger partial charge in [0.15, 0.2) is 5.82 Å². The quantitative estimate of drug-likeness (QED) is 0.931. The fourth-order valence-electron chi connectivity index (χ4n) is 1.92. The summed E-state index contributed by atoms with van der Waals surface area (Å²) in [5.74, 6) is 0.305. The van der Waals surface area contributed by atoms with E-state index in [4.69, 9.17) is 17.3 Å². The van der Waals surface area contributed by atoms with E-state index in [1.807, 2.05) is 17.9 Å². The molecule has 5 heteroatoms. The van der Waals surface area contributed by atoms with Gasteiger partial charge in [-0.05, 0) is 36.8 Å². The molecule has 0 unspecified atom stereocenters. The van der Waals surface area contributed by atoms with E-state index in [9.17, 15) is 4.39 Å². The second-order valence-electron chi connectivity index (χ2n) is 4.04. The minimum absolute atomic E-state index is 0.290. The van der Waals surface area contributed by atoms with E-state index in [1.165, 1.54) is 12.1 Å². The zero-order valence-corrected chi connectivity index (χ0v) is 11.4. The van der Waals surface area contributed by atoms with Crippen LogP contribution < -0.4 is 10.6 Å². The van der Waals surface area contributed by atoms with Crippen molar-refractivity contribution in [1.82, 2.24) is 4.98 Å². The van der Waals surface area contributed by atoms with E-state index in [-0.39, 0.29) is 5.82 Å². The van der Waals surface area contributed by atoms with Gasteiger partial charge in [0.2, 0.25) is 0 Å². The van der Waals surface area contributed by atoms with Crippen molar-refractivity contribution in [2.75, 3.05) is 11.4 Å². The van der Waals surface area contributed by atoms with Crippen molar-refractivity contribution in [3.05, 3.63) is 52.9 Å². The van der Waals surface area contributed by atoms with Gasteiger partial charge in [-0.3, -0.25) is 0 Å². The molecule has 19 heavy (non-hydrogen) atoms. The van der Waals surface area contributed by atoms with Gasteiger partial charge < -0.3 is 10.6 Å². The molecule has 2 aromatic rings. The molecule has 0 spiro atoms. The van der Waals surface area contributed by atoms with Crippen molar-refractivity contribution < 1.29 is 4.39 Å². The average Bonchev–Trinajstić information content (AvgIpc) is 2.41. The van der Waals surface area contributed by atoms with E-state index in [0.29, 0.717) is 29.6 Å². The van der Waals surface area contributed by atoms with Gasteiger partial charge in [-0.2, -0.15) is 0 Å². The molecule has 0 atom stereocenters. The van der Waals surface area contributed by atoms with Gasteiger partial charge in [0, 0.05) is 25.0 Å². The Kier molecular flexibility index (Phi) is 4.35. The van der Waals surface area contributed by atoms with Gasteiger partial charge in [-0.25, -0.2) is 9.37 Å². The van der Waals surface area contributed by atoms with Crippen LogP contribution in [-0.4, -0.2) is 11.5 Å².